The van der Waals surface area contributed by atoms with E-state index in [1.807, 2.05) is 44.2 Å². The molecule has 128 valence electrons. The summed E-state index contributed by atoms with van der Waals surface area (Å²) in [6.45, 7) is 4.22. The zero-order valence-electron chi connectivity index (χ0n) is 13.9. The minimum atomic E-state index is -3.66. The van der Waals surface area contributed by atoms with Crippen LogP contribution in [0.1, 0.15) is 25.8 Å². The summed E-state index contributed by atoms with van der Waals surface area (Å²) < 4.78 is 29.7. The highest BCUT2D eigenvalue weighted by atomic mass is 32.2. The van der Waals surface area contributed by atoms with Crippen molar-refractivity contribution in [2.24, 2.45) is 5.10 Å². The van der Waals surface area contributed by atoms with Crippen molar-refractivity contribution in [3.05, 3.63) is 60.2 Å². The number of nitrogens with zero attached hydrogens (tertiary/aromatic N) is 1. The number of rotatable bonds is 8. The number of sulfonamides is 1. The molecule has 6 heteroatoms. The summed E-state index contributed by atoms with van der Waals surface area (Å²) in [7, 11) is -3.66. The Kier molecular flexibility index (Phi) is 6.37. The summed E-state index contributed by atoms with van der Waals surface area (Å²) in [6, 6.07) is 16.3. The van der Waals surface area contributed by atoms with Crippen molar-refractivity contribution in [1.82, 2.24) is 4.83 Å². The molecule has 0 atom stereocenters. The van der Waals surface area contributed by atoms with E-state index in [2.05, 4.69) is 9.93 Å². The van der Waals surface area contributed by atoms with E-state index in [9.17, 15) is 8.42 Å². The van der Waals surface area contributed by atoms with E-state index in [1.165, 1.54) is 17.7 Å². The van der Waals surface area contributed by atoms with E-state index in [-0.39, 0.29) is 4.90 Å². The van der Waals surface area contributed by atoms with Crippen LogP contribution >= 0.6 is 0 Å². The van der Waals surface area contributed by atoms with Crippen molar-refractivity contribution in [3.8, 4) is 5.75 Å². The smallest absolute Gasteiger partial charge is 0.276 e. The summed E-state index contributed by atoms with van der Waals surface area (Å²) in [5.74, 6) is 0.638. The fourth-order valence-corrected chi connectivity index (χ4v) is 2.97. The number of hydrazone groups is 1. The minimum Gasteiger partial charge on any atom is -0.494 e. The molecule has 24 heavy (non-hydrogen) atoms. The zero-order chi connectivity index (χ0) is 17.4. The Morgan fingerprint density at radius 1 is 1.08 bits per heavy atom. The summed E-state index contributed by atoms with van der Waals surface area (Å²) in [5, 5.41) is 3.99. The van der Waals surface area contributed by atoms with E-state index >= 15 is 0 Å². The largest absolute Gasteiger partial charge is 0.494 e. The van der Waals surface area contributed by atoms with Crippen LogP contribution in [0, 0.1) is 0 Å². The first kappa shape index (κ1) is 18.0. The second kappa shape index (κ2) is 8.49. The molecule has 0 amide bonds. The second-order valence-corrected chi connectivity index (χ2v) is 6.99. The lowest BCUT2D eigenvalue weighted by Crippen LogP contribution is -2.19. The molecule has 0 spiro atoms. The Hall–Kier alpha value is -2.34. The maximum absolute atomic E-state index is 12.2. The Morgan fingerprint density at radius 2 is 1.75 bits per heavy atom. The van der Waals surface area contributed by atoms with Gasteiger partial charge in [-0.2, -0.15) is 13.5 Å². The van der Waals surface area contributed by atoms with Crippen molar-refractivity contribution in [2.75, 3.05) is 6.61 Å². The zero-order valence-corrected chi connectivity index (χ0v) is 14.7. The molecule has 0 radical (unpaired) electrons. The standard InChI is InChI=1S/C18H22N2O3S/c1-3-23-17-11-13-18(14-12-17)24(21,22)20-19-15(2)9-10-16-7-5-4-6-8-16/h4-8,11-14,20H,3,9-10H2,1-2H3/b19-15-. The molecule has 0 unspecified atom stereocenters. The molecule has 0 aliphatic carbocycles. The molecule has 0 heterocycles. The molecule has 0 saturated heterocycles. The van der Waals surface area contributed by atoms with Crippen LogP contribution in [0.3, 0.4) is 0 Å². The van der Waals surface area contributed by atoms with Gasteiger partial charge >= 0.3 is 0 Å². The van der Waals surface area contributed by atoms with Crippen molar-refractivity contribution in [2.45, 2.75) is 31.6 Å². The van der Waals surface area contributed by atoms with Gasteiger partial charge in [0.25, 0.3) is 10.0 Å². The number of benzene rings is 2. The molecule has 0 aromatic heterocycles. The van der Waals surface area contributed by atoms with E-state index in [0.29, 0.717) is 18.8 Å². The number of aryl methyl sites for hydroxylation is 1. The lowest BCUT2D eigenvalue weighted by Gasteiger charge is -2.07. The van der Waals surface area contributed by atoms with Crippen molar-refractivity contribution in [3.63, 3.8) is 0 Å². The summed E-state index contributed by atoms with van der Waals surface area (Å²) in [5.41, 5.74) is 1.93. The number of ether oxygens (including phenoxy) is 1. The second-order valence-electron chi connectivity index (χ2n) is 5.33. The van der Waals surface area contributed by atoms with Crippen LogP contribution in [0.4, 0.5) is 0 Å². The van der Waals surface area contributed by atoms with Gasteiger partial charge < -0.3 is 4.74 Å². The van der Waals surface area contributed by atoms with Crippen LogP contribution in [0.5, 0.6) is 5.75 Å². The lowest BCUT2D eigenvalue weighted by atomic mass is 10.1. The molecule has 5 nitrogen and oxygen atoms in total. The van der Waals surface area contributed by atoms with Gasteiger partial charge in [-0.15, -0.1) is 0 Å². The van der Waals surface area contributed by atoms with Crippen LogP contribution in [-0.2, 0) is 16.4 Å². The van der Waals surface area contributed by atoms with Gasteiger partial charge in [-0.25, -0.2) is 4.83 Å². The van der Waals surface area contributed by atoms with Gasteiger partial charge in [0.2, 0.25) is 0 Å². The topological polar surface area (TPSA) is 67.8 Å². The van der Waals surface area contributed by atoms with Crippen molar-refractivity contribution < 1.29 is 13.2 Å². The predicted molar refractivity (Wildman–Crippen MR) is 95.8 cm³/mol. The molecule has 0 fully saturated rings. The quantitative estimate of drug-likeness (QED) is 0.588. The van der Waals surface area contributed by atoms with Gasteiger partial charge in [-0.05, 0) is 56.5 Å². The molecule has 0 saturated carbocycles. The Balaban J connectivity index is 1.95. The van der Waals surface area contributed by atoms with Gasteiger partial charge in [-0.1, -0.05) is 30.3 Å². The van der Waals surface area contributed by atoms with Crippen molar-refractivity contribution in [1.29, 1.82) is 0 Å². The van der Waals surface area contributed by atoms with Crippen LogP contribution in [0.2, 0.25) is 0 Å². The van der Waals surface area contributed by atoms with Gasteiger partial charge in [0.1, 0.15) is 5.75 Å². The molecule has 2 rings (SSSR count). The average molecular weight is 346 g/mol. The highest BCUT2D eigenvalue weighted by Crippen LogP contribution is 2.15. The molecular weight excluding hydrogens is 324 g/mol. The fourth-order valence-electron chi connectivity index (χ4n) is 2.10. The van der Waals surface area contributed by atoms with E-state index < -0.39 is 10.0 Å². The summed E-state index contributed by atoms with van der Waals surface area (Å²) in [6.07, 6.45) is 1.51. The van der Waals surface area contributed by atoms with E-state index in [4.69, 9.17) is 4.74 Å². The highest BCUT2D eigenvalue weighted by Gasteiger charge is 2.13. The first-order chi connectivity index (χ1) is 11.5. The third-order valence-electron chi connectivity index (χ3n) is 3.42. The molecular formula is C18H22N2O3S. The molecule has 0 aliphatic rings. The van der Waals surface area contributed by atoms with Gasteiger partial charge in [-0.3, -0.25) is 0 Å². The molecule has 1 N–H and O–H groups in total. The van der Waals surface area contributed by atoms with E-state index in [0.717, 1.165) is 12.1 Å². The van der Waals surface area contributed by atoms with Crippen LogP contribution < -0.4 is 9.57 Å². The summed E-state index contributed by atoms with van der Waals surface area (Å²) >= 11 is 0. The Labute approximate surface area is 143 Å². The molecule has 0 aliphatic heterocycles. The van der Waals surface area contributed by atoms with E-state index in [1.54, 1.807) is 12.1 Å². The van der Waals surface area contributed by atoms with Crippen LogP contribution in [0.25, 0.3) is 0 Å². The molecule has 0 bridgehead atoms. The monoisotopic (exact) mass is 346 g/mol. The third-order valence-corrected chi connectivity index (χ3v) is 4.64. The Bertz CT molecular complexity index is 770. The van der Waals surface area contributed by atoms with Gasteiger partial charge in [0.15, 0.2) is 0 Å². The lowest BCUT2D eigenvalue weighted by molar-refractivity contribution is 0.340. The fraction of sp³-hybridized carbons (Fsp3) is 0.278. The SMILES string of the molecule is CCOc1ccc(S(=O)(=O)N/N=C(/C)CCc2ccccc2)cc1. The van der Waals surface area contributed by atoms with Gasteiger partial charge in [0, 0.05) is 5.71 Å². The molecule has 2 aromatic rings. The predicted octanol–water partition coefficient (Wildman–Crippen LogP) is 3.37. The third kappa shape index (κ3) is 5.38. The van der Waals surface area contributed by atoms with Crippen LogP contribution in [0.15, 0.2) is 64.6 Å². The first-order valence-corrected chi connectivity index (χ1v) is 9.31. The normalized spacial score (nSPS) is 12.0. The van der Waals surface area contributed by atoms with Gasteiger partial charge in [0.05, 0.1) is 11.5 Å². The number of hydrogen-bond acceptors (Lipinski definition) is 4. The van der Waals surface area contributed by atoms with Crippen LogP contribution in [-0.4, -0.2) is 20.7 Å². The minimum absolute atomic E-state index is 0.158. The Morgan fingerprint density at radius 3 is 2.38 bits per heavy atom. The summed E-state index contributed by atoms with van der Waals surface area (Å²) in [4.78, 5) is 2.44. The highest BCUT2D eigenvalue weighted by molar-refractivity contribution is 7.89. The number of hydrogen-bond donors (Lipinski definition) is 1. The average Bonchev–Trinajstić information content (AvgIpc) is 2.60. The number of nitrogens with one attached hydrogen (secondary N) is 1. The maximum atomic E-state index is 12.2. The van der Waals surface area contributed by atoms with Crippen molar-refractivity contribution >= 4 is 15.7 Å². The maximum Gasteiger partial charge on any atom is 0.276 e. The molecule has 2 aromatic carbocycles. The first-order valence-electron chi connectivity index (χ1n) is 7.83.